The van der Waals surface area contributed by atoms with Crippen molar-refractivity contribution < 1.29 is 4.39 Å². The fourth-order valence-corrected chi connectivity index (χ4v) is 3.36. The maximum Gasteiger partial charge on any atom is 0.123 e. The molecule has 0 amide bonds. The molecule has 1 aromatic carbocycles. The van der Waals surface area contributed by atoms with E-state index in [2.05, 4.69) is 25.7 Å². The highest BCUT2D eigenvalue weighted by Crippen LogP contribution is 2.34. The Hall–Kier alpha value is -0.930. The van der Waals surface area contributed by atoms with E-state index in [1.165, 1.54) is 25.3 Å². The molecule has 0 saturated carbocycles. The summed E-state index contributed by atoms with van der Waals surface area (Å²) in [6, 6.07) is 7.13. The molecule has 2 atom stereocenters. The van der Waals surface area contributed by atoms with Crippen LogP contribution >= 0.6 is 0 Å². The van der Waals surface area contributed by atoms with E-state index < -0.39 is 0 Å². The molecule has 2 N–H and O–H groups in total. The summed E-state index contributed by atoms with van der Waals surface area (Å²) in [6.45, 7) is 8.89. The molecule has 0 bridgehead atoms. The smallest absolute Gasteiger partial charge is 0.123 e. The Morgan fingerprint density at radius 1 is 1.29 bits per heavy atom. The Kier molecular flexibility index (Phi) is 5.39. The highest BCUT2D eigenvalue weighted by molar-refractivity contribution is 5.22. The number of hydrogen-bond acceptors (Lipinski definition) is 2. The van der Waals surface area contributed by atoms with Crippen LogP contribution in [0.2, 0.25) is 0 Å². The van der Waals surface area contributed by atoms with E-state index in [4.69, 9.17) is 5.73 Å². The van der Waals surface area contributed by atoms with Gasteiger partial charge in [0.25, 0.3) is 0 Å². The first-order chi connectivity index (χ1) is 9.93. The first-order valence-electron chi connectivity index (χ1n) is 8.18. The molecular formula is C18H29FN2. The van der Waals surface area contributed by atoms with Crippen LogP contribution in [-0.2, 0) is 0 Å². The van der Waals surface area contributed by atoms with E-state index in [1.54, 1.807) is 12.1 Å². The second kappa shape index (κ2) is 6.89. The van der Waals surface area contributed by atoms with Crippen molar-refractivity contribution in [1.29, 1.82) is 0 Å². The average Bonchev–Trinajstić information content (AvgIpc) is 2.60. The van der Waals surface area contributed by atoms with E-state index in [0.717, 1.165) is 25.1 Å². The number of likely N-dealkylation sites (tertiary alicyclic amines) is 1. The monoisotopic (exact) mass is 292 g/mol. The van der Waals surface area contributed by atoms with E-state index in [0.29, 0.717) is 5.41 Å². The van der Waals surface area contributed by atoms with Crippen molar-refractivity contribution >= 4 is 0 Å². The Labute approximate surface area is 128 Å². The lowest BCUT2D eigenvalue weighted by atomic mass is 9.85. The lowest BCUT2D eigenvalue weighted by Crippen LogP contribution is -2.41. The van der Waals surface area contributed by atoms with Gasteiger partial charge in [-0.1, -0.05) is 32.9 Å². The molecule has 2 unspecified atom stereocenters. The largest absolute Gasteiger partial charge is 0.326 e. The van der Waals surface area contributed by atoms with E-state index >= 15 is 0 Å². The fourth-order valence-electron chi connectivity index (χ4n) is 3.36. The fraction of sp³-hybridized carbons (Fsp3) is 0.667. The summed E-state index contributed by atoms with van der Waals surface area (Å²) in [5.74, 6) is -0.170. The van der Waals surface area contributed by atoms with Crippen molar-refractivity contribution in [2.45, 2.75) is 58.5 Å². The van der Waals surface area contributed by atoms with Crippen molar-refractivity contribution in [1.82, 2.24) is 4.90 Å². The van der Waals surface area contributed by atoms with E-state index in [1.807, 2.05) is 6.07 Å². The third-order valence-corrected chi connectivity index (χ3v) is 4.84. The summed E-state index contributed by atoms with van der Waals surface area (Å²) >= 11 is 0. The van der Waals surface area contributed by atoms with Crippen LogP contribution in [0, 0.1) is 11.2 Å². The molecule has 2 rings (SSSR count). The van der Waals surface area contributed by atoms with Crippen LogP contribution in [0.4, 0.5) is 4.39 Å². The molecule has 0 spiro atoms. The third-order valence-electron chi connectivity index (χ3n) is 4.84. The van der Waals surface area contributed by atoms with Gasteiger partial charge < -0.3 is 5.73 Å². The molecule has 1 aliphatic heterocycles. The molecule has 1 fully saturated rings. The molecule has 0 aromatic heterocycles. The van der Waals surface area contributed by atoms with Gasteiger partial charge in [-0.15, -0.1) is 0 Å². The quantitative estimate of drug-likeness (QED) is 0.904. The second-order valence-corrected chi connectivity index (χ2v) is 7.13. The zero-order valence-corrected chi connectivity index (χ0v) is 13.6. The number of nitrogens with zero attached hydrogens (tertiary/aromatic N) is 1. The highest BCUT2D eigenvalue weighted by atomic mass is 19.1. The zero-order valence-electron chi connectivity index (χ0n) is 13.6. The van der Waals surface area contributed by atoms with Crippen LogP contribution in [0.25, 0.3) is 0 Å². The maximum absolute atomic E-state index is 13.6. The summed E-state index contributed by atoms with van der Waals surface area (Å²) in [5, 5.41) is 0. The van der Waals surface area contributed by atoms with E-state index in [-0.39, 0.29) is 17.9 Å². The highest BCUT2D eigenvalue weighted by Gasteiger charge is 2.30. The van der Waals surface area contributed by atoms with Crippen LogP contribution in [0.15, 0.2) is 24.3 Å². The zero-order chi connectivity index (χ0) is 15.5. The Morgan fingerprint density at radius 2 is 2.05 bits per heavy atom. The summed E-state index contributed by atoms with van der Waals surface area (Å²) in [5.41, 5.74) is 7.80. The topological polar surface area (TPSA) is 29.3 Å². The Morgan fingerprint density at radius 3 is 2.71 bits per heavy atom. The standard InChI is InChI=1S/C18H29FN2/c1-4-16(20)17(14-7-5-8-15(19)13-14)21-11-6-9-18(2,3)10-12-21/h5,7-8,13,16-17H,4,6,9-12,20H2,1-3H3. The molecule has 1 heterocycles. The summed E-state index contributed by atoms with van der Waals surface area (Å²) < 4.78 is 13.6. The van der Waals surface area contributed by atoms with Crippen LogP contribution in [-0.4, -0.2) is 24.0 Å². The number of nitrogens with two attached hydrogens (primary N) is 1. The Bertz CT molecular complexity index is 458. The summed E-state index contributed by atoms with van der Waals surface area (Å²) in [7, 11) is 0. The molecule has 1 aromatic rings. The van der Waals surface area contributed by atoms with Crippen LogP contribution in [0.3, 0.4) is 0 Å². The van der Waals surface area contributed by atoms with Gasteiger partial charge in [0.15, 0.2) is 0 Å². The van der Waals surface area contributed by atoms with Crippen molar-refractivity contribution in [2.24, 2.45) is 11.1 Å². The predicted octanol–water partition coefficient (Wildman–Crippen LogP) is 4.12. The first-order valence-corrected chi connectivity index (χ1v) is 8.18. The van der Waals surface area contributed by atoms with Crippen molar-refractivity contribution in [3.05, 3.63) is 35.6 Å². The number of rotatable bonds is 4. The van der Waals surface area contributed by atoms with Gasteiger partial charge in [0.1, 0.15) is 5.82 Å². The minimum absolute atomic E-state index is 0.0491. The molecule has 0 radical (unpaired) electrons. The van der Waals surface area contributed by atoms with Crippen LogP contribution in [0.1, 0.15) is 58.1 Å². The normalized spacial score (nSPS) is 22.5. The molecule has 1 saturated heterocycles. The van der Waals surface area contributed by atoms with Crippen LogP contribution < -0.4 is 5.73 Å². The average molecular weight is 292 g/mol. The number of benzene rings is 1. The molecule has 2 nitrogen and oxygen atoms in total. The third kappa shape index (κ3) is 4.27. The van der Waals surface area contributed by atoms with Crippen molar-refractivity contribution in [2.75, 3.05) is 13.1 Å². The minimum Gasteiger partial charge on any atom is -0.326 e. The van der Waals surface area contributed by atoms with E-state index in [9.17, 15) is 4.39 Å². The van der Waals surface area contributed by atoms with Gasteiger partial charge in [-0.25, -0.2) is 4.39 Å². The van der Waals surface area contributed by atoms with Gasteiger partial charge in [0.05, 0.1) is 0 Å². The summed E-state index contributed by atoms with van der Waals surface area (Å²) in [4.78, 5) is 2.47. The number of halogens is 1. The van der Waals surface area contributed by atoms with Crippen molar-refractivity contribution in [3.63, 3.8) is 0 Å². The molecule has 21 heavy (non-hydrogen) atoms. The second-order valence-electron chi connectivity index (χ2n) is 7.13. The van der Waals surface area contributed by atoms with Gasteiger partial charge >= 0.3 is 0 Å². The molecular weight excluding hydrogens is 263 g/mol. The SMILES string of the molecule is CCC(N)C(c1cccc(F)c1)N1CCCC(C)(C)CC1. The first kappa shape index (κ1) is 16.4. The predicted molar refractivity (Wildman–Crippen MR) is 86.6 cm³/mol. The molecule has 1 aliphatic rings. The minimum atomic E-state index is -0.170. The molecule has 118 valence electrons. The molecule has 0 aliphatic carbocycles. The Balaban J connectivity index is 2.24. The van der Waals surface area contributed by atoms with Gasteiger partial charge in [0.2, 0.25) is 0 Å². The van der Waals surface area contributed by atoms with Gasteiger partial charge in [-0.2, -0.15) is 0 Å². The van der Waals surface area contributed by atoms with Crippen molar-refractivity contribution in [3.8, 4) is 0 Å². The van der Waals surface area contributed by atoms with Gasteiger partial charge in [0, 0.05) is 12.1 Å². The summed E-state index contributed by atoms with van der Waals surface area (Å²) in [6.07, 6.45) is 4.52. The lowest BCUT2D eigenvalue weighted by molar-refractivity contribution is 0.168. The lowest BCUT2D eigenvalue weighted by Gasteiger charge is -2.35. The van der Waals surface area contributed by atoms with Gasteiger partial charge in [-0.05, 0) is 61.9 Å². The van der Waals surface area contributed by atoms with Gasteiger partial charge in [-0.3, -0.25) is 4.90 Å². The number of hydrogen-bond donors (Lipinski definition) is 1. The molecule has 3 heteroatoms. The van der Waals surface area contributed by atoms with Crippen LogP contribution in [0.5, 0.6) is 0 Å². The maximum atomic E-state index is 13.6.